The Morgan fingerprint density at radius 2 is 2.17 bits per heavy atom. The number of likely N-dealkylation sites (tertiary alicyclic amines) is 1. The molecule has 6 nitrogen and oxygen atoms in total. The van der Waals surface area contributed by atoms with Crippen molar-refractivity contribution in [2.45, 2.75) is 52.1 Å². The van der Waals surface area contributed by atoms with Crippen LogP contribution >= 0.6 is 11.3 Å². The fourth-order valence-electron chi connectivity index (χ4n) is 3.89. The number of para-hydroxylation sites is 1. The molecule has 1 fully saturated rings. The molecule has 0 spiro atoms. The first-order chi connectivity index (χ1) is 14.0. The molecule has 1 aliphatic rings. The van der Waals surface area contributed by atoms with Gasteiger partial charge in [-0.2, -0.15) is 0 Å². The van der Waals surface area contributed by atoms with Crippen molar-refractivity contribution in [3.8, 4) is 5.75 Å². The molecule has 1 saturated heterocycles. The van der Waals surface area contributed by atoms with Crippen molar-refractivity contribution in [2.24, 2.45) is 5.92 Å². The third-order valence-electron chi connectivity index (χ3n) is 5.33. The smallest absolute Gasteiger partial charge is 0.225 e. The van der Waals surface area contributed by atoms with E-state index in [1.165, 1.54) is 0 Å². The number of aryl methyl sites for hydroxylation is 1. The Morgan fingerprint density at radius 1 is 1.38 bits per heavy atom. The van der Waals surface area contributed by atoms with Crippen molar-refractivity contribution in [2.75, 3.05) is 13.7 Å². The summed E-state index contributed by atoms with van der Waals surface area (Å²) in [6.45, 7) is 5.10. The molecule has 0 radical (unpaired) electrons. The molecule has 0 aliphatic carbocycles. The van der Waals surface area contributed by atoms with Gasteiger partial charge < -0.3 is 15.0 Å². The fourth-order valence-corrected chi connectivity index (χ4v) is 4.60. The van der Waals surface area contributed by atoms with Crippen LogP contribution in [0.3, 0.4) is 0 Å². The Bertz CT molecular complexity index is 851. The molecular weight excluding hydrogens is 386 g/mol. The average Bonchev–Trinajstić information content (AvgIpc) is 3.16. The maximum atomic E-state index is 13.2. The molecule has 1 N–H and O–H groups in total. The van der Waals surface area contributed by atoms with Crippen molar-refractivity contribution in [3.05, 3.63) is 45.9 Å². The van der Waals surface area contributed by atoms with Crippen LogP contribution in [0.4, 0.5) is 0 Å². The SMILES string of the molecule is CCCCN1C(=O)CC[C@@H](C(=O)NCc2nc(C)cs2)[C@H]1c1ccccc1OC. The highest BCUT2D eigenvalue weighted by atomic mass is 32.1. The lowest BCUT2D eigenvalue weighted by Gasteiger charge is -2.41. The zero-order valence-electron chi connectivity index (χ0n) is 17.3. The van der Waals surface area contributed by atoms with E-state index < -0.39 is 0 Å². The van der Waals surface area contributed by atoms with E-state index in [-0.39, 0.29) is 23.8 Å². The largest absolute Gasteiger partial charge is 0.496 e. The Hall–Kier alpha value is -2.41. The quantitative estimate of drug-likeness (QED) is 0.711. The molecule has 7 heteroatoms. The second kappa shape index (κ2) is 9.87. The number of carbonyl (C=O) groups excluding carboxylic acids is 2. The summed E-state index contributed by atoms with van der Waals surface area (Å²) in [6.07, 6.45) is 2.82. The number of nitrogens with one attached hydrogen (secondary N) is 1. The highest BCUT2D eigenvalue weighted by Crippen LogP contribution is 2.40. The number of hydrogen-bond donors (Lipinski definition) is 1. The highest BCUT2D eigenvalue weighted by Gasteiger charge is 2.41. The predicted octanol–water partition coefficient (Wildman–Crippen LogP) is 3.86. The second-order valence-corrected chi connectivity index (χ2v) is 8.32. The molecular formula is C22H29N3O3S. The number of benzene rings is 1. The molecule has 29 heavy (non-hydrogen) atoms. The molecule has 2 atom stereocenters. The number of ether oxygens (including phenoxy) is 1. The van der Waals surface area contributed by atoms with Crippen molar-refractivity contribution < 1.29 is 14.3 Å². The van der Waals surface area contributed by atoms with Crippen LogP contribution in [0.25, 0.3) is 0 Å². The summed E-state index contributed by atoms with van der Waals surface area (Å²) < 4.78 is 5.57. The third kappa shape index (κ3) is 4.96. The van der Waals surface area contributed by atoms with Gasteiger partial charge in [0.05, 0.1) is 25.6 Å². The first-order valence-corrected chi connectivity index (χ1v) is 11.0. The van der Waals surface area contributed by atoms with E-state index in [9.17, 15) is 9.59 Å². The number of nitrogens with zero attached hydrogens (tertiary/aromatic N) is 2. The molecule has 1 aliphatic heterocycles. The van der Waals surface area contributed by atoms with Crippen molar-refractivity contribution in [3.63, 3.8) is 0 Å². The van der Waals surface area contributed by atoms with Gasteiger partial charge in [-0.15, -0.1) is 11.3 Å². The van der Waals surface area contributed by atoms with Gasteiger partial charge in [-0.3, -0.25) is 9.59 Å². The second-order valence-electron chi connectivity index (χ2n) is 7.37. The van der Waals surface area contributed by atoms with E-state index in [1.807, 2.05) is 41.5 Å². The molecule has 0 bridgehead atoms. The number of thiazole rings is 1. The van der Waals surface area contributed by atoms with Crippen molar-refractivity contribution in [1.82, 2.24) is 15.2 Å². The topological polar surface area (TPSA) is 71.5 Å². The standard InChI is InChI=1S/C22H29N3O3S/c1-4-5-12-25-20(26)11-10-17(21(25)16-8-6-7-9-18(16)28-3)22(27)23-13-19-24-15(2)14-29-19/h6-9,14,17,21H,4-5,10-13H2,1-3H3,(H,23,27)/t17-,21-/m1/s1. The van der Waals surface area contributed by atoms with E-state index in [4.69, 9.17) is 4.74 Å². The summed E-state index contributed by atoms with van der Waals surface area (Å²) in [5, 5.41) is 5.91. The maximum absolute atomic E-state index is 13.2. The number of carbonyl (C=O) groups is 2. The lowest BCUT2D eigenvalue weighted by Crippen LogP contribution is -2.48. The first kappa shape index (κ1) is 21.3. The molecule has 1 aromatic carbocycles. The van der Waals surface area contributed by atoms with E-state index in [1.54, 1.807) is 18.4 Å². The molecule has 156 valence electrons. The predicted molar refractivity (Wildman–Crippen MR) is 114 cm³/mol. The number of unbranched alkanes of at least 4 members (excludes halogenated alkanes) is 1. The van der Waals surface area contributed by atoms with Crippen LogP contribution in [-0.4, -0.2) is 35.4 Å². The average molecular weight is 416 g/mol. The third-order valence-corrected chi connectivity index (χ3v) is 6.30. The first-order valence-electron chi connectivity index (χ1n) is 10.2. The van der Waals surface area contributed by atoms with Gasteiger partial charge in [-0.05, 0) is 25.8 Å². The van der Waals surface area contributed by atoms with Crippen LogP contribution in [0.1, 0.15) is 54.9 Å². The maximum Gasteiger partial charge on any atom is 0.225 e. The van der Waals surface area contributed by atoms with Crippen LogP contribution in [-0.2, 0) is 16.1 Å². The summed E-state index contributed by atoms with van der Waals surface area (Å²) in [5.41, 5.74) is 1.85. The Kier molecular flexibility index (Phi) is 7.25. The highest BCUT2D eigenvalue weighted by molar-refractivity contribution is 7.09. The van der Waals surface area contributed by atoms with Gasteiger partial charge in [0.2, 0.25) is 11.8 Å². The van der Waals surface area contributed by atoms with Crippen molar-refractivity contribution >= 4 is 23.2 Å². The van der Waals surface area contributed by atoms with Gasteiger partial charge in [-0.25, -0.2) is 4.98 Å². The van der Waals surface area contributed by atoms with Gasteiger partial charge in [0.15, 0.2) is 0 Å². The van der Waals surface area contributed by atoms with Crippen LogP contribution in [0.2, 0.25) is 0 Å². The van der Waals surface area contributed by atoms with E-state index in [0.29, 0.717) is 31.7 Å². The summed E-state index contributed by atoms with van der Waals surface area (Å²) in [6, 6.07) is 7.37. The van der Waals surface area contributed by atoms with Gasteiger partial charge in [-0.1, -0.05) is 31.5 Å². The van der Waals surface area contributed by atoms with Crippen LogP contribution in [0.15, 0.2) is 29.6 Å². The van der Waals surface area contributed by atoms with E-state index >= 15 is 0 Å². The number of methoxy groups -OCH3 is 1. The Balaban J connectivity index is 1.87. The lowest BCUT2D eigenvalue weighted by atomic mass is 9.83. The molecule has 3 rings (SSSR count). The number of piperidine rings is 1. The minimum Gasteiger partial charge on any atom is -0.496 e. The molecule has 2 aromatic rings. The van der Waals surface area contributed by atoms with E-state index in [0.717, 1.165) is 29.1 Å². The van der Waals surface area contributed by atoms with Gasteiger partial charge in [0.25, 0.3) is 0 Å². The monoisotopic (exact) mass is 415 g/mol. The van der Waals surface area contributed by atoms with Crippen LogP contribution in [0.5, 0.6) is 5.75 Å². The van der Waals surface area contributed by atoms with E-state index in [2.05, 4.69) is 17.2 Å². The van der Waals surface area contributed by atoms with Gasteiger partial charge >= 0.3 is 0 Å². The minimum atomic E-state index is -0.322. The van der Waals surface area contributed by atoms with Crippen LogP contribution in [0, 0.1) is 12.8 Å². The minimum absolute atomic E-state index is 0.0391. The zero-order chi connectivity index (χ0) is 20.8. The number of rotatable bonds is 8. The number of amides is 2. The zero-order valence-corrected chi connectivity index (χ0v) is 18.1. The van der Waals surface area contributed by atoms with Crippen LogP contribution < -0.4 is 10.1 Å². The van der Waals surface area contributed by atoms with Gasteiger partial charge in [0, 0.05) is 29.6 Å². The molecule has 2 amide bonds. The summed E-state index contributed by atoms with van der Waals surface area (Å²) in [5.74, 6) is 0.459. The molecule has 0 unspecified atom stereocenters. The summed E-state index contributed by atoms with van der Waals surface area (Å²) in [7, 11) is 1.62. The molecule has 1 aromatic heterocycles. The Morgan fingerprint density at radius 3 is 2.86 bits per heavy atom. The number of hydrogen-bond acceptors (Lipinski definition) is 5. The fraction of sp³-hybridized carbons (Fsp3) is 0.500. The lowest BCUT2D eigenvalue weighted by molar-refractivity contribution is -0.143. The number of aromatic nitrogens is 1. The summed E-state index contributed by atoms with van der Waals surface area (Å²) >= 11 is 1.54. The van der Waals surface area contributed by atoms with Gasteiger partial charge in [0.1, 0.15) is 10.8 Å². The van der Waals surface area contributed by atoms with Crippen molar-refractivity contribution in [1.29, 1.82) is 0 Å². The summed E-state index contributed by atoms with van der Waals surface area (Å²) in [4.78, 5) is 32.3. The Labute approximate surface area is 176 Å². The normalized spacial score (nSPS) is 19.3. The molecule has 0 saturated carbocycles. The molecule has 2 heterocycles.